The Balaban J connectivity index is 2.25. The molecule has 3 nitrogen and oxygen atoms in total. The van der Waals surface area contributed by atoms with Gasteiger partial charge < -0.3 is 10.5 Å². The lowest BCUT2D eigenvalue weighted by Crippen LogP contribution is -2.53. The summed E-state index contributed by atoms with van der Waals surface area (Å²) < 4.78 is 5.17. The van der Waals surface area contributed by atoms with Gasteiger partial charge in [0.05, 0.1) is 12.6 Å². The number of nitrogens with two attached hydrogens (primary N) is 1. The van der Waals surface area contributed by atoms with E-state index in [4.69, 9.17) is 10.5 Å². The van der Waals surface area contributed by atoms with Crippen molar-refractivity contribution in [2.45, 2.75) is 57.8 Å². The molecule has 0 radical (unpaired) electrons. The lowest BCUT2D eigenvalue weighted by molar-refractivity contribution is 0.0384. The fraction of sp³-hybridized carbons (Fsp3) is 0.647. The third kappa shape index (κ3) is 3.40. The van der Waals surface area contributed by atoms with E-state index < -0.39 is 0 Å². The zero-order valence-electron chi connectivity index (χ0n) is 13.2. The van der Waals surface area contributed by atoms with Gasteiger partial charge in [0, 0.05) is 18.7 Å². The lowest BCUT2D eigenvalue weighted by atomic mass is 9.86. The summed E-state index contributed by atoms with van der Waals surface area (Å²) in [4.78, 5) is 2.55. The minimum atomic E-state index is 0.147. The molecule has 20 heavy (non-hydrogen) atoms. The molecule has 1 saturated heterocycles. The summed E-state index contributed by atoms with van der Waals surface area (Å²) >= 11 is 0. The van der Waals surface area contributed by atoms with Gasteiger partial charge in [-0.05, 0) is 51.3 Å². The summed E-state index contributed by atoms with van der Waals surface area (Å²) in [7, 11) is 1.73. The van der Waals surface area contributed by atoms with Gasteiger partial charge in [0.25, 0.3) is 0 Å². The maximum Gasteiger partial charge on any atom is 0.0713 e. The van der Waals surface area contributed by atoms with Crippen molar-refractivity contribution in [1.82, 2.24) is 4.90 Å². The van der Waals surface area contributed by atoms with Gasteiger partial charge in [0.2, 0.25) is 0 Å². The number of ether oxygens (including phenoxy) is 1. The molecule has 2 N–H and O–H groups in total. The summed E-state index contributed by atoms with van der Waals surface area (Å²) in [5.41, 5.74) is 9.11. The molecule has 0 amide bonds. The molecule has 2 rings (SSSR count). The average Bonchev–Trinajstić information content (AvgIpc) is 2.39. The van der Waals surface area contributed by atoms with E-state index in [0.717, 1.165) is 13.0 Å². The summed E-state index contributed by atoms with van der Waals surface area (Å²) in [6, 6.07) is 9.27. The second kappa shape index (κ2) is 6.25. The second-order valence-electron chi connectivity index (χ2n) is 6.79. The van der Waals surface area contributed by atoms with Crippen LogP contribution in [0.1, 0.15) is 50.8 Å². The van der Waals surface area contributed by atoms with Gasteiger partial charge in [-0.1, -0.05) is 24.3 Å². The van der Waals surface area contributed by atoms with Crippen LogP contribution in [0.5, 0.6) is 0 Å². The van der Waals surface area contributed by atoms with E-state index >= 15 is 0 Å². The standard InChI is InChI=1S/C17H28N2O/c1-17(2,3)19-11-5-6-15(18)16(19)14-9-7-13(8-10-14)12-20-4/h7-10,15-16H,5-6,11-12,18H2,1-4H3. The van der Waals surface area contributed by atoms with E-state index in [1.807, 2.05) is 0 Å². The summed E-state index contributed by atoms with van der Waals surface area (Å²) in [6.45, 7) is 8.62. The molecule has 112 valence electrons. The van der Waals surface area contributed by atoms with Crippen LogP contribution >= 0.6 is 0 Å². The summed E-state index contributed by atoms with van der Waals surface area (Å²) in [5.74, 6) is 0. The highest BCUT2D eigenvalue weighted by Crippen LogP contribution is 2.35. The van der Waals surface area contributed by atoms with Gasteiger partial charge in [-0.2, -0.15) is 0 Å². The van der Waals surface area contributed by atoms with Crippen LogP contribution in [0.15, 0.2) is 24.3 Å². The summed E-state index contributed by atoms with van der Waals surface area (Å²) in [6.07, 6.45) is 2.30. The van der Waals surface area contributed by atoms with Crippen LogP contribution in [0.3, 0.4) is 0 Å². The van der Waals surface area contributed by atoms with Crippen LogP contribution in [0.2, 0.25) is 0 Å². The Morgan fingerprint density at radius 3 is 2.45 bits per heavy atom. The van der Waals surface area contributed by atoms with Crippen LogP contribution in [-0.4, -0.2) is 30.1 Å². The molecule has 1 aliphatic rings. The van der Waals surface area contributed by atoms with Crippen LogP contribution in [0.4, 0.5) is 0 Å². The third-order valence-electron chi connectivity index (χ3n) is 4.17. The highest BCUT2D eigenvalue weighted by Gasteiger charge is 2.36. The van der Waals surface area contributed by atoms with Crippen molar-refractivity contribution in [3.8, 4) is 0 Å². The molecule has 1 aromatic carbocycles. The first-order chi connectivity index (χ1) is 9.43. The first kappa shape index (κ1) is 15.5. The Hall–Kier alpha value is -0.900. The number of methoxy groups -OCH3 is 1. The molecule has 1 aliphatic heterocycles. The Kier molecular flexibility index (Phi) is 4.84. The molecule has 1 aromatic rings. The van der Waals surface area contributed by atoms with E-state index in [1.54, 1.807) is 7.11 Å². The van der Waals surface area contributed by atoms with Gasteiger partial charge in [0.1, 0.15) is 0 Å². The molecule has 0 aromatic heterocycles. The van der Waals surface area contributed by atoms with E-state index in [9.17, 15) is 0 Å². The van der Waals surface area contributed by atoms with Crippen LogP contribution in [0, 0.1) is 0 Å². The number of piperidine rings is 1. The predicted molar refractivity (Wildman–Crippen MR) is 83.6 cm³/mol. The highest BCUT2D eigenvalue weighted by atomic mass is 16.5. The topological polar surface area (TPSA) is 38.5 Å². The molecular formula is C17H28N2O. The maximum atomic E-state index is 6.43. The molecule has 1 heterocycles. The quantitative estimate of drug-likeness (QED) is 0.922. The van der Waals surface area contributed by atoms with Crippen molar-refractivity contribution in [2.75, 3.05) is 13.7 Å². The monoisotopic (exact) mass is 276 g/mol. The van der Waals surface area contributed by atoms with Gasteiger partial charge in [-0.3, -0.25) is 4.90 Å². The highest BCUT2D eigenvalue weighted by molar-refractivity contribution is 5.27. The molecule has 3 heteroatoms. The average molecular weight is 276 g/mol. The van der Waals surface area contributed by atoms with Crippen molar-refractivity contribution in [2.24, 2.45) is 5.73 Å². The molecule has 0 bridgehead atoms. The minimum absolute atomic E-state index is 0.147. The molecule has 0 spiro atoms. The first-order valence-corrected chi connectivity index (χ1v) is 7.53. The SMILES string of the molecule is COCc1ccc(C2C(N)CCCN2C(C)(C)C)cc1. The number of benzene rings is 1. The second-order valence-corrected chi connectivity index (χ2v) is 6.79. The van der Waals surface area contributed by atoms with Crippen molar-refractivity contribution in [3.05, 3.63) is 35.4 Å². The van der Waals surface area contributed by atoms with Crippen LogP contribution in [-0.2, 0) is 11.3 Å². The van der Waals surface area contributed by atoms with E-state index in [0.29, 0.717) is 12.6 Å². The predicted octanol–water partition coefficient (Wildman–Crippen LogP) is 3.10. The fourth-order valence-corrected chi connectivity index (χ4v) is 3.18. The Bertz CT molecular complexity index is 422. The number of nitrogens with zero attached hydrogens (tertiary/aromatic N) is 1. The van der Waals surface area contributed by atoms with Gasteiger partial charge in [-0.25, -0.2) is 0 Å². The molecular weight excluding hydrogens is 248 g/mol. The van der Waals surface area contributed by atoms with Crippen molar-refractivity contribution < 1.29 is 4.74 Å². The summed E-state index contributed by atoms with van der Waals surface area (Å²) in [5, 5.41) is 0. The molecule has 2 unspecified atom stereocenters. The number of hydrogen-bond donors (Lipinski definition) is 1. The third-order valence-corrected chi connectivity index (χ3v) is 4.17. The zero-order chi connectivity index (χ0) is 14.8. The van der Waals surface area contributed by atoms with Crippen molar-refractivity contribution >= 4 is 0 Å². The molecule has 2 atom stereocenters. The fourth-order valence-electron chi connectivity index (χ4n) is 3.18. The van der Waals surface area contributed by atoms with Gasteiger partial charge in [-0.15, -0.1) is 0 Å². The van der Waals surface area contributed by atoms with Crippen molar-refractivity contribution in [3.63, 3.8) is 0 Å². The lowest BCUT2D eigenvalue weighted by Gasteiger charge is -2.47. The van der Waals surface area contributed by atoms with E-state index in [1.165, 1.54) is 17.5 Å². The number of likely N-dealkylation sites (tertiary alicyclic amines) is 1. The zero-order valence-corrected chi connectivity index (χ0v) is 13.2. The number of hydrogen-bond acceptors (Lipinski definition) is 3. The Morgan fingerprint density at radius 2 is 1.90 bits per heavy atom. The maximum absolute atomic E-state index is 6.43. The van der Waals surface area contributed by atoms with Gasteiger partial charge >= 0.3 is 0 Å². The largest absolute Gasteiger partial charge is 0.380 e. The van der Waals surface area contributed by atoms with E-state index in [2.05, 4.69) is 49.9 Å². The van der Waals surface area contributed by atoms with E-state index in [-0.39, 0.29) is 11.6 Å². The molecule has 0 saturated carbocycles. The first-order valence-electron chi connectivity index (χ1n) is 7.53. The Morgan fingerprint density at radius 1 is 1.25 bits per heavy atom. The van der Waals surface area contributed by atoms with Crippen LogP contribution < -0.4 is 5.73 Å². The molecule has 1 fully saturated rings. The van der Waals surface area contributed by atoms with Gasteiger partial charge in [0.15, 0.2) is 0 Å². The smallest absolute Gasteiger partial charge is 0.0713 e. The number of rotatable bonds is 3. The van der Waals surface area contributed by atoms with Crippen LogP contribution in [0.25, 0.3) is 0 Å². The Labute approximate surface area is 123 Å². The van der Waals surface area contributed by atoms with Crippen molar-refractivity contribution in [1.29, 1.82) is 0 Å². The molecule has 0 aliphatic carbocycles. The normalized spacial score (nSPS) is 24.9. The minimum Gasteiger partial charge on any atom is -0.380 e.